The molecule has 33 heavy (non-hydrogen) atoms. The quantitative estimate of drug-likeness (QED) is 0.458. The van der Waals surface area contributed by atoms with Gasteiger partial charge in [0.1, 0.15) is 10.7 Å². The number of H-pyrrole nitrogens is 1. The molecule has 1 N–H and O–H groups in total. The molecular formula is C24H28ClN3O4S. The summed E-state index contributed by atoms with van der Waals surface area (Å²) in [6.45, 7) is 0.699. The van der Waals surface area contributed by atoms with Gasteiger partial charge in [-0.2, -0.15) is 0 Å². The summed E-state index contributed by atoms with van der Waals surface area (Å²) in [7, 11) is 3.19. The van der Waals surface area contributed by atoms with Crippen molar-refractivity contribution >= 4 is 39.1 Å². The molecule has 7 nitrogen and oxygen atoms in total. The van der Waals surface area contributed by atoms with Crippen molar-refractivity contribution in [2.45, 2.75) is 45.1 Å². The molecule has 0 bridgehead atoms. The maximum Gasteiger partial charge on any atom is 0.259 e. The third-order valence-corrected chi connectivity index (χ3v) is 7.37. The maximum absolute atomic E-state index is 12.9. The highest BCUT2D eigenvalue weighted by Gasteiger charge is 2.21. The van der Waals surface area contributed by atoms with Crippen LogP contribution in [0.4, 0.5) is 0 Å². The van der Waals surface area contributed by atoms with E-state index in [0.29, 0.717) is 30.3 Å². The highest BCUT2D eigenvalue weighted by Crippen LogP contribution is 2.33. The molecule has 3 aromatic rings. The number of hydrogen-bond donors (Lipinski definition) is 1. The van der Waals surface area contributed by atoms with Crippen LogP contribution >= 0.6 is 22.9 Å². The van der Waals surface area contributed by atoms with Crippen LogP contribution in [0.25, 0.3) is 10.2 Å². The number of carbonyl (C=O) groups is 1. The Morgan fingerprint density at radius 2 is 2.00 bits per heavy atom. The summed E-state index contributed by atoms with van der Waals surface area (Å²) >= 11 is 7.46. The van der Waals surface area contributed by atoms with E-state index < -0.39 is 0 Å². The first-order valence-corrected chi connectivity index (χ1v) is 12.5. The molecule has 0 radical (unpaired) electrons. The van der Waals surface area contributed by atoms with E-state index in [1.165, 1.54) is 4.88 Å². The summed E-state index contributed by atoms with van der Waals surface area (Å²) < 4.78 is 10.7. The molecule has 1 amide bonds. The number of aromatic nitrogens is 2. The van der Waals surface area contributed by atoms with Crippen molar-refractivity contribution in [1.82, 2.24) is 14.9 Å². The summed E-state index contributed by atoms with van der Waals surface area (Å²) in [4.78, 5) is 37.1. The van der Waals surface area contributed by atoms with Crippen LogP contribution in [0.3, 0.4) is 0 Å². The lowest BCUT2D eigenvalue weighted by Crippen LogP contribution is -2.34. The van der Waals surface area contributed by atoms with Crippen LogP contribution in [0.1, 0.15) is 41.1 Å². The molecule has 1 aromatic carbocycles. The smallest absolute Gasteiger partial charge is 0.259 e. The molecule has 2 heterocycles. The molecule has 0 saturated heterocycles. The maximum atomic E-state index is 12.9. The standard InChI is InChI=1S/C24H28ClN3O4S/c1-31-17-8-7-15(13-18(17)32-2)10-12-28(21(29)9-11-25)14-20-26-23(30)22-16-5-3-4-6-19(16)33-24(22)27-20/h7-8,13H,3-6,9-12,14H2,1-2H3,(H,26,27,30). The minimum Gasteiger partial charge on any atom is -0.493 e. The Morgan fingerprint density at radius 3 is 2.76 bits per heavy atom. The van der Waals surface area contributed by atoms with Gasteiger partial charge in [0.25, 0.3) is 5.56 Å². The number of halogens is 1. The van der Waals surface area contributed by atoms with Crippen LogP contribution in [-0.2, 0) is 30.6 Å². The van der Waals surface area contributed by atoms with Gasteiger partial charge in [-0.3, -0.25) is 9.59 Å². The second kappa shape index (κ2) is 10.6. The number of carbonyl (C=O) groups excluding carboxylic acids is 1. The highest BCUT2D eigenvalue weighted by atomic mass is 35.5. The zero-order valence-corrected chi connectivity index (χ0v) is 20.5. The van der Waals surface area contributed by atoms with Gasteiger partial charge < -0.3 is 19.4 Å². The number of thiophene rings is 1. The summed E-state index contributed by atoms with van der Waals surface area (Å²) in [6.07, 6.45) is 5.06. The van der Waals surface area contributed by atoms with Crippen LogP contribution < -0.4 is 15.0 Å². The number of hydrogen-bond acceptors (Lipinski definition) is 6. The molecule has 1 aliphatic carbocycles. The minimum absolute atomic E-state index is 0.0707. The van der Waals surface area contributed by atoms with Crippen molar-refractivity contribution < 1.29 is 14.3 Å². The van der Waals surface area contributed by atoms with Crippen molar-refractivity contribution in [1.29, 1.82) is 0 Å². The molecule has 0 atom stereocenters. The van der Waals surface area contributed by atoms with Crippen molar-refractivity contribution in [2.24, 2.45) is 0 Å². The lowest BCUT2D eigenvalue weighted by molar-refractivity contribution is -0.131. The van der Waals surface area contributed by atoms with Gasteiger partial charge in [-0.1, -0.05) is 6.07 Å². The number of methoxy groups -OCH3 is 2. The Kier molecular flexibility index (Phi) is 7.55. The van der Waals surface area contributed by atoms with E-state index in [9.17, 15) is 9.59 Å². The van der Waals surface area contributed by atoms with Crippen molar-refractivity contribution in [3.8, 4) is 11.5 Å². The molecule has 0 spiro atoms. The van der Waals surface area contributed by atoms with E-state index in [0.717, 1.165) is 47.0 Å². The van der Waals surface area contributed by atoms with Gasteiger partial charge in [0.15, 0.2) is 11.5 Å². The lowest BCUT2D eigenvalue weighted by Gasteiger charge is -2.22. The number of fused-ring (bicyclic) bond motifs is 3. The lowest BCUT2D eigenvalue weighted by atomic mass is 9.97. The number of amides is 1. The van der Waals surface area contributed by atoms with Crippen LogP contribution in [-0.4, -0.2) is 47.4 Å². The number of nitrogens with zero attached hydrogens (tertiary/aromatic N) is 2. The van der Waals surface area contributed by atoms with Crippen LogP contribution in [0, 0.1) is 0 Å². The second-order valence-electron chi connectivity index (χ2n) is 8.10. The average molecular weight is 490 g/mol. The fourth-order valence-corrected chi connectivity index (χ4v) is 5.74. The molecule has 2 aromatic heterocycles. The topological polar surface area (TPSA) is 84.5 Å². The van der Waals surface area contributed by atoms with E-state index >= 15 is 0 Å². The van der Waals surface area contributed by atoms with E-state index in [1.54, 1.807) is 30.5 Å². The predicted molar refractivity (Wildman–Crippen MR) is 131 cm³/mol. The highest BCUT2D eigenvalue weighted by molar-refractivity contribution is 7.18. The Bertz CT molecular complexity index is 1210. The predicted octanol–water partition coefficient (Wildman–Crippen LogP) is 4.08. The van der Waals surface area contributed by atoms with Gasteiger partial charge in [0.2, 0.25) is 5.91 Å². The summed E-state index contributed by atoms with van der Waals surface area (Å²) in [5, 5.41) is 0.724. The number of rotatable bonds is 9. The molecular weight excluding hydrogens is 462 g/mol. The fourth-order valence-electron chi connectivity index (χ4n) is 4.30. The monoisotopic (exact) mass is 489 g/mol. The van der Waals surface area contributed by atoms with Gasteiger partial charge >= 0.3 is 0 Å². The van der Waals surface area contributed by atoms with Gasteiger partial charge in [0.05, 0.1) is 26.2 Å². The number of ether oxygens (including phenoxy) is 2. The van der Waals surface area contributed by atoms with Crippen LogP contribution in [0.5, 0.6) is 11.5 Å². The Morgan fingerprint density at radius 1 is 1.21 bits per heavy atom. The molecule has 176 valence electrons. The number of aryl methyl sites for hydroxylation is 2. The Balaban J connectivity index is 1.56. The molecule has 4 rings (SSSR count). The number of alkyl halides is 1. The van der Waals surface area contributed by atoms with Crippen LogP contribution in [0.2, 0.25) is 0 Å². The van der Waals surface area contributed by atoms with Gasteiger partial charge in [0, 0.05) is 23.7 Å². The SMILES string of the molecule is COc1ccc(CCN(Cc2nc3sc4c(c3c(=O)[nH]2)CCCC4)C(=O)CCCl)cc1OC. The summed E-state index contributed by atoms with van der Waals surface area (Å²) in [5.41, 5.74) is 2.06. The zero-order chi connectivity index (χ0) is 23.4. The molecule has 0 aliphatic heterocycles. The molecule has 1 aliphatic rings. The number of nitrogens with one attached hydrogen (secondary N) is 1. The van der Waals surface area contributed by atoms with Crippen molar-refractivity contribution in [2.75, 3.05) is 26.6 Å². The minimum atomic E-state index is -0.112. The molecule has 0 unspecified atom stereocenters. The van der Waals surface area contributed by atoms with Gasteiger partial charge in [-0.25, -0.2) is 4.98 Å². The third-order valence-electron chi connectivity index (χ3n) is 5.99. The fraction of sp³-hybridized carbons (Fsp3) is 0.458. The van der Waals surface area contributed by atoms with E-state index in [1.807, 2.05) is 18.2 Å². The van der Waals surface area contributed by atoms with Gasteiger partial charge in [-0.15, -0.1) is 22.9 Å². The van der Waals surface area contributed by atoms with Crippen molar-refractivity contribution in [3.63, 3.8) is 0 Å². The van der Waals surface area contributed by atoms with E-state index in [4.69, 9.17) is 26.1 Å². The van der Waals surface area contributed by atoms with E-state index in [2.05, 4.69) is 4.98 Å². The summed E-state index contributed by atoms with van der Waals surface area (Å²) in [5.74, 6) is 1.98. The average Bonchev–Trinajstić information content (AvgIpc) is 3.20. The van der Waals surface area contributed by atoms with Crippen LogP contribution in [0.15, 0.2) is 23.0 Å². The van der Waals surface area contributed by atoms with Gasteiger partial charge in [-0.05, 0) is 55.4 Å². The zero-order valence-electron chi connectivity index (χ0n) is 18.9. The Hall–Kier alpha value is -2.58. The molecule has 9 heteroatoms. The summed E-state index contributed by atoms with van der Waals surface area (Å²) in [6, 6.07) is 5.71. The second-order valence-corrected chi connectivity index (χ2v) is 9.56. The molecule has 0 saturated carbocycles. The first kappa shape index (κ1) is 23.6. The normalized spacial score (nSPS) is 13.1. The third kappa shape index (κ3) is 5.17. The van der Waals surface area contributed by atoms with E-state index in [-0.39, 0.29) is 30.3 Å². The molecule has 0 fully saturated rings. The number of aromatic amines is 1. The van der Waals surface area contributed by atoms with Crippen molar-refractivity contribution in [3.05, 3.63) is 50.4 Å². The Labute approximate surface area is 201 Å². The first-order chi connectivity index (χ1) is 16.0. The largest absolute Gasteiger partial charge is 0.493 e. The first-order valence-electron chi connectivity index (χ1n) is 11.1. The number of benzene rings is 1.